The third kappa shape index (κ3) is 3.62. The van der Waals surface area contributed by atoms with Crippen molar-refractivity contribution in [3.8, 4) is 0 Å². The molecular formula is C21H22N2O3S. The van der Waals surface area contributed by atoms with Gasteiger partial charge in [0, 0.05) is 30.2 Å². The number of rotatable bonds is 5. The molecule has 27 heavy (non-hydrogen) atoms. The number of hydrogen-bond donors (Lipinski definition) is 0. The molecule has 1 aromatic heterocycles. The van der Waals surface area contributed by atoms with Crippen molar-refractivity contribution in [1.29, 1.82) is 0 Å². The maximum absolute atomic E-state index is 13.1. The average molecular weight is 382 g/mol. The van der Waals surface area contributed by atoms with Gasteiger partial charge in [-0.15, -0.1) is 0 Å². The molecule has 0 atom stereocenters. The normalized spacial score (nSPS) is 14.7. The van der Waals surface area contributed by atoms with Gasteiger partial charge in [-0.2, -0.15) is 0 Å². The van der Waals surface area contributed by atoms with Gasteiger partial charge in [-0.1, -0.05) is 48.5 Å². The van der Waals surface area contributed by atoms with Gasteiger partial charge in [-0.3, -0.25) is 4.79 Å². The molecular weight excluding hydrogens is 360 g/mol. The lowest BCUT2D eigenvalue weighted by Gasteiger charge is -2.15. The summed E-state index contributed by atoms with van der Waals surface area (Å²) in [5.41, 5.74) is 1.53. The molecule has 0 saturated carbocycles. The molecule has 0 aliphatic carbocycles. The molecule has 2 aromatic carbocycles. The Hall–Kier alpha value is -2.60. The fraction of sp³-hybridized carbons (Fsp3) is 0.286. The number of hydrogen-bond acceptors (Lipinski definition) is 3. The summed E-state index contributed by atoms with van der Waals surface area (Å²) in [7, 11) is -3.52. The second-order valence-electron chi connectivity index (χ2n) is 6.97. The summed E-state index contributed by atoms with van der Waals surface area (Å²) in [6.07, 6.45) is 3.70. The number of benzene rings is 2. The van der Waals surface area contributed by atoms with Gasteiger partial charge in [0.15, 0.2) is 9.84 Å². The van der Waals surface area contributed by atoms with E-state index in [9.17, 15) is 13.2 Å². The van der Waals surface area contributed by atoms with E-state index in [2.05, 4.69) is 0 Å². The highest BCUT2D eigenvalue weighted by atomic mass is 32.2. The van der Waals surface area contributed by atoms with Gasteiger partial charge in [0.05, 0.1) is 10.6 Å². The summed E-state index contributed by atoms with van der Waals surface area (Å²) in [4.78, 5) is 14.7. The SMILES string of the molecule is O=C(Cn1cc(S(=O)(=O)Cc2ccccc2)c2ccccc21)N1CCCC1. The van der Waals surface area contributed by atoms with Crippen LogP contribution in [0.25, 0.3) is 10.9 Å². The van der Waals surface area contributed by atoms with E-state index in [0.29, 0.717) is 5.39 Å². The van der Waals surface area contributed by atoms with Crippen LogP contribution in [0.4, 0.5) is 0 Å². The van der Waals surface area contributed by atoms with Crippen LogP contribution in [-0.2, 0) is 26.9 Å². The first-order valence-electron chi connectivity index (χ1n) is 9.17. The highest BCUT2D eigenvalue weighted by molar-refractivity contribution is 7.90. The van der Waals surface area contributed by atoms with E-state index in [0.717, 1.165) is 37.0 Å². The van der Waals surface area contributed by atoms with Crippen LogP contribution >= 0.6 is 0 Å². The first-order valence-corrected chi connectivity index (χ1v) is 10.8. The second-order valence-corrected chi connectivity index (χ2v) is 8.93. The highest BCUT2D eigenvalue weighted by Gasteiger charge is 2.24. The Morgan fingerprint density at radius 1 is 0.926 bits per heavy atom. The second kappa shape index (κ2) is 7.19. The van der Waals surface area contributed by atoms with E-state index >= 15 is 0 Å². The molecule has 140 valence electrons. The van der Waals surface area contributed by atoms with Gasteiger partial charge >= 0.3 is 0 Å². The Morgan fingerprint density at radius 2 is 1.59 bits per heavy atom. The smallest absolute Gasteiger partial charge is 0.242 e. The topological polar surface area (TPSA) is 59.4 Å². The number of sulfone groups is 1. The predicted octanol–water partition coefficient (Wildman–Crippen LogP) is 3.24. The fourth-order valence-electron chi connectivity index (χ4n) is 3.68. The lowest BCUT2D eigenvalue weighted by atomic mass is 10.2. The Bertz CT molecular complexity index is 1070. The molecule has 5 nitrogen and oxygen atoms in total. The van der Waals surface area contributed by atoms with Gasteiger partial charge in [0.2, 0.25) is 5.91 Å². The van der Waals surface area contributed by atoms with Crippen LogP contribution in [0.2, 0.25) is 0 Å². The molecule has 1 fully saturated rings. The molecule has 0 N–H and O–H groups in total. The van der Waals surface area contributed by atoms with Crippen LogP contribution in [0.3, 0.4) is 0 Å². The molecule has 1 aliphatic rings. The van der Waals surface area contributed by atoms with E-state index in [1.807, 2.05) is 59.5 Å². The molecule has 0 bridgehead atoms. The first kappa shape index (κ1) is 17.8. The third-order valence-electron chi connectivity index (χ3n) is 5.05. The van der Waals surface area contributed by atoms with Gasteiger partial charge in [-0.25, -0.2) is 8.42 Å². The van der Waals surface area contributed by atoms with E-state index in [-0.39, 0.29) is 23.1 Å². The first-order chi connectivity index (χ1) is 13.0. The highest BCUT2D eigenvalue weighted by Crippen LogP contribution is 2.28. The number of nitrogens with zero attached hydrogens (tertiary/aromatic N) is 2. The number of carbonyl (C=O) groups is 1. The maximum atomic E-state index is 13.1. The van der Waals surface area contributed by atoms with E-state index < -0.39 is 9.84 Å². The van der Waals surface area contributed by atoms with Crippen molar-refractivity contribution in [1.82, 2.24) is 9.47 Å². The minimum absolute atomic E-state index is 0.0419. The van der Waals surface area contributed by atoms with Crippen molar-refractivity contribution in [3.05, 3.63) is 66.4 Å². The molecule has 0 unspecified atom stereocenters. The molecule has 2 heterocycles. The molecule has 6 heteroatoms. The van der Waals surface area contributed by atoms with Gasteiger partial charge in [0.25, 0.3) is 0 Å². The van der Waals surface area contributed by atoms with Crippen molar-refractivity contribution >= 4 is 26.6 Å². The number of fused-ring (bicyclic) bond motifs is 1. The minimum atomic E-state index is -3.52. The van der Waals surface area contributed by atoms with E-state index in [4.69, 9.17) is 0 Å². The summed E-state index contributed by atoms with van der Waals surface area (Å²) < 4.78 is 27.9. The fourth-order valence-corrected chi connectivity index (χ4v) is 5.26. The molecule has 3 aromatic rings. The zero-order valence-electron chi connectivity index (χ0n) is 15.0. The lowest BCUT2D eigenvalue weighted by Crippen LogP contribution is -2.30. The standard InChI is InChI=1S/C21H22N2O3S/c24-21(22-12-6-7-13-22)15-23-14-20(18-10-4-5-11-19(18)23)27(25,26)16-17-8-2-1-3-9-17/h1-5,8-11,14H,6-7,12-13,15-16H2. The number of likely N-dealkylation sites (tertiary alicyclic amines) is 1. The number of aromatic nitrogens is 1. The molecule has 0 radical (unpaired) electrons. The van der Waals surface area contributed by atoms with Crippen LogP contribution in [0.15, 0.2) is 65.7 Å². The number of carbonyl (C=O) groups excluding carboxylic acids is 1. The minimum Gasteiger partial charge on any atom is -0.341 e. The zero-order chi connectivity index (χ0) is 18.9. The summed E-state index contributed by atoms with van der Waals surface area (Å²) in [5.74, 6) is -0.0117. The van der Waals surface area contributed by atoms with E-state index in [1.165, 1.54) is 0 Å². The number of amides is 1. The summed E-state index contributed by atoms with van der Waals surface area (Å²) in [5, 5.41) is 0.669. The van der Waals surface area contributed by atoms with Crippen molar-refractivity contribution in [2.45, 2.75) is 30.0 Å². The average Bonchev–Trinajstić information content (AvgIpc) is 3.31. The molecule has 1 amide bonds. The summed E-state index contributed by atoms with van der Waals surface area (Å²) in [6, 6.07) is 16.5. The van der Waals surface area contributed by atoms with Crippen LogP contribution < -0.4 is 0 Å². The monoisotopic (exact) mass is 382 g/mol. The van der Waals surface area contributed by atoms with Crippen molar-refractivity contribution < 1.29 is 13.2 Å². The Labute approximate surface area is 159 Å². The van der Waals surface area contributed by atoms with Crippen LogP contribution in [0.1, 0.15) is 18.4 Å². The molecule has 1 saturated heterocycles. The summed E-state index contributed by atoms with van der Waals surface area (Å²) >= 11 is 0. The van der Waals surface area contributed by atoms with Gasteiger partial charge in [0.1, 0.15) is 6.54 Å². The maximum Gasteiger partial charge on any atom is 0.242 e. The van der Waals surface area contributed by atoms with Gasteiger partial charge in [-0.05, 0) is 24.5 Å². The number of para-hydroxylation sites is 1. The largest absolute Gasteiger partial charge is 0.341 e. The Kier molecular flexibility index (Phi) is 4.74. The lowest BCUT2D eigenvalue weighted by molar-refractivity contribution is -0.130. The Balaban J connectivity index is 1.70. The summed E-state index contributed by atoms with van der Waals surface area (Å²) in [6.45, 7) is 1.75. The quantitative estimate of drug-likeness (QED) is 0.681. The van der Waals surface area contributed by atoms with Crippen molar-refractivity contribution in [2.75, 3.05) is 13.1 Å². The van der Waals surface area contributed by atoms with Crippen LogP contribution in [0.5, 0.6) is 0 Å². The van der Waals surface area contributed by atoms with Crippen molar-refractivity contribution in [2.24, 2.45) is 0 Å². The molecule has 4 rings (SSSR count). The van der Waals surface area contributed by atoms with Crippen molar-refractivity contribution in [3.63, 3.8) is 0 Å². The predicted molar refractivity (Wildman–Crippen MR) is 105 cm³/mol. The van der Waals surface area contributed by atoms with Gasteiger partial charge < -0.3 is 9.47 Å². The Morgan fingerprint density at radius 3 is 2.33 bits per heavy atom. The molecule has 0 spiro atoms. The van der Waals surface area contributed by atoms with Crippen LogP contribution in [0, 0.1) is 0 Å². The van der Waals surface area contributed by atoms with Crippen LogP contribution in [-0.4, -0.2) is 36.9 Å². The molecule has 1 aliphatic heterocycles. The zero-order valence-corrected chi connectivity index (χ0v) is 15.9. The third-order valence-corrected chi connectivity index (χ3v) is 6.76. The van der Waals surface area contributed by atoms with E-state index in [1.54, 1.807) is 10.8 Å².